The van der Waals surface area contributed by atoms with Crippen LogP contribution in [-0.2, 0) is 11.4 Å². The van der Waals surface area contributed by atoms with Crippen molar-refractivity contribution >= 4 is 22.3 Å². The smallest absolute Gasteiger partial charge is 0.136 e. The molecule has 0 saturated heterocycles. The highest BCUT2D eigenvalue weighted by atomic mass is 32.2. The summed E-state index contributed by atoms with van der Waals surface area (Å²) in [5.74, 6) is 0. The molecule has 1 aromatic heterocycles. The van der Waals surface area contributed by atoms with Gasteiger partial charge in [0, 0.05) is 23.2 Å². The second-order valence-corrected chi connectivity index (χ2v) is 9.06. The van der Waals surface area contributed by atoms with Crippen LogP contribution in [0.5, 0.6) is 0 Å². The van der Waals surface area contributed by atoms with Gasteiger partial charge in [0.05, 0.1) is 11.6 Å². The third-order valence-corrected chi connectivity index (χ3v) is 5.77. The van der Waals surface area contributed by atoms with E-state index in [-0.39, 0.29) is 10.8 Å². The van der Waals surface area contributed by atoms with Crippen LogP contribution in [-0.4, -0.2) is 13.9 Å². The molecule has 0 aliphatic heterocycles. The van der Waals surface area contributed by atoms with Crippen molar-refractivity contribution in [2.24, 2.45) is 0 Å². The number of fused-ring (bicyclic) bond motifs is 1. The van der Waals surface area contributed by atoms with Crippen LogP contribution in [0.1, 0.15) is 39.3 Å². The van der Waals surface area contributed by atoms with Crippen molar-refractivity contribution < 1.29 is 4.55 Å². The molecule has 0 fully saturated rings. The fraction of sp³-hybridized carbons (Fsp3) is 0.300. The summed E-state index contributed by atoms with van der Waals surface area (Å²) < 4.78 is 17.5. The first-order valence-corrected chi connectivity index (χ1v) is 9.36. The summed E-state index contributed by atoms with van der Waals surface area (Å²) in [6.07, 6.45) is 2.09. The molecule has 0 aliphatic carbocycles. The Bertz CT molecular complexity index is 821. The number of nitrogens with one attached hydrogen (secondary N) is 1. The highest BCUT2D eigenvalue weighted by molar-refractivity contribution is 7.90. The number of hydrogen-bond donors (Lipinski definition) is 1. The Labute approximate surface area is 147 Å². The summed E-state index contributed by atoms with van der Waals surface area (Å²) in [4.78, 5) is 0. The molecule has 0 saturated carbocycles. The highest BCUT2D eigenvalue weighted by Gasteiger charge is 2.28. The Morgan fingerprint density at radius 1 is 1.04 bits per heavy atom. The van der Waals surface area contributed by atoms with Gasteiger partial charge in [-0.3, -0.25) is 0 Å². The van der Waals surface area contributed by atoms with Crippen molar-refractivity contribution in [3.63, 3.8) is 0 Å². The quantitative estimate of drug-likeness (QED) is 0.697. The van der Waals surface area contributed by atoms with Crippen molar-refractivity contribution in [3.8, 4) is 5.69 Å². The molecule has 3 nitrogen and oxygen atoms in total. The molecule has 126 valence electrons. The third-order valence-electron chi connectivity index (χ3n) is 4.09. The zero-order valence-corrected chi connectivity index (χ0v) is 15.4. The molecule has 24 heavy (non-hydrogen) atoms. The van der Waals surface area contributed by atoms with Gasteiger partial charge in [-0.2, -0.15) is 0 Å². The van der Waals surface area contributed by atoms with E-state index in [0.29, 0.717) is 0 Å². The number of rotatable bonds is 4. The van der Waals surface area contributed by atoms with E-state index < -0.39 is 11.4 Å². The van der Waals surface area contributed by atoms with Crippen molar-refractivity contribution in [2.75, 3.05) is 0 Å². The average Bonchev–Trinajstić information content (AvgIpc) is 2.97. The molecule has 0 amide bonds. The number of nitrogens with zero attached hydrogens (tertiary/aromatic N) is 1. The predicted molar refractivity (Wildman–Crippen MR) is 103 cm³/mol. The summed E-state index contributed by atoms with van der Waals surface area (Å²) in [5, 5.41) is 1.20. The Kier molecular flexibility index (Phi) is 4.72. The normalized spacial score (nSPS) is 14.7. The third kappa shape index (κ3) is 3.51. The second kappa shape index (κ2) is 6.63. The Morgan fingerprint density at radius 2 is 1.75 bits per heavy atom. The molecular formula is C20H24N2OS. The molecule has 3 rings (SSSR count). The van der Waals surface area contributed by atoms with Gasteiger partial charge in [0.1, 0.15) is 4.75 Å². The van der Waals surface area contributed by atoms with E-state index in [1.807, 2.05) is 39.0 Å². The first kappa shape index (κ1) is 17.1. The van der Waals surface area contributed by atoms with E-state index in [2.05, 4.69) is 58.8 Å². The predicted octanol–water partition coefficient (Wildman–Crippen LogP) is 4.74. The molecule has 2 atom stereocenters. The SMILES string of the molecule is CC(N[S@+]([O-])C(C)(C)C)c1ccc2ccn(-c3ccccc3)c2c1. The number of aromatic nitrogens is 1. The van der Waals surface area contributed by atoms with Gasteiger partial charge in [0.2, 0.25) is 0 Å². The topological polar surface area (TPSA) is 40.0 Å². The lowest BCUT2D eigenvalue weighted by Crippen LogP contribution is -2.40. The first-order chi connectivity index (χ1) is 11.4. The van der Waals surface area contributed by atoms with E-state index in [1.54, 1.807) is 0 Å². The fourth-order valence-electron chi connectivity index (χ4n) is 2.63. The molecule has 3 aromatic rings. The largest absolute Gasteiger partial charge is 0.598 e. The van der Waals surface area contributed by atoms with Gasteiger partial charge in [-0.15, -0.1) is 4.72 Å². The van der Waals surface area contributed by atoms with Crippen molar-refractivity contribution in [1.82, 2.24) is 9.29 Å². The minimum Gasteiger partial charge on any atom is -0.598 e. The number of benzene rings is 2. The van der Waals surface area contributed by atoms with Crippen LogP contribution in [0.3, 0.4) is 0 Å². The van der Waals surface area contributed by atoms with Gasteiger partial charge >= 0.3 is 0 Å². The van der Waals surface area contributed by atoms with Crippen LogP contribution in [0.15, 0.2) is 60.8 Å². The summed E-state index contributed by atoms with van der Waals surface area (Å²) >= 11 is -1.09. The maximum Gasteiger partial charge on any atom is 0.136 e. The fourth-order valence-corrected chi connectivity index (χ4v) is 3.44. The molecule has 4 heteroatoms. The Morgan fingerprint density at radius 3 is 2.42 bits per heavy atom. The van der Waals surface area contributed by atoms with Crippen LogP contribution >= 0.6 is 0 Å². The van der Waals surface area contributed by atoms with Gasteiger partial charge < -0.3 is 9.12 Å². The maximum absolute atomic E-state index is 12.3. The van der Waals surface area contributed by atoms with Crippen molar-refractivity contribution in [3.05, 3.63) is 66.4 Å². The lowest BCUT2D eigenvalue weighted by molar-refractivity contribution is 0.531. The van der Waals surface area contributed by atoms with Gasteiger partial charge in [-0.05, 0) is 62.9 Å². The van der Waals surface area contributed by atoms with E-state index in [0.717, 1.165) is 16.8 Å². The molecule has 1 unspecified atom stereocenters. The highest BCUT2D eigenvalue weighted by Crippen LogP contribution is 2.26. The Hall–Kier alpha value is -1.75. The maximum atomic E-state index is 12.3. The summed E-state index contributed by atoms with van der Waals surface area (Å²) in [5.41, 5.74) is 3.44. The average molecular weight is 340 g/mol. The summed E-state index contributed by atoms with van der Waals surface area (Å²) in [7, 11) is 0. The monoisotopic (exact) mass is 340 g/mol. The van der Waals surface area contributed by atoms with Crippen molar-refractivity contribution in [2.45, 2.75) is 38.5 Å². The van der Waals surface area contributed by atoms with Crippen LogP contribution in [0.2, 0.25) is 0 Å². The van der Waals surface area contributed by atoms with E-state index in [4.69, 9.17) is 0 Å². The minimum atomic E-state index is -1.09. The molecule has 0 spiro atoms. The molecule has 0 aliphatic rings. The van der Waals surface area contributed by atoms with E-state index in [9.17, 15) is 4.55 Å². The zero-order valence-electron chi connectivity index (χ0n) is 14.6. The molecule has 1 heterocycles. The second-order valence-electron chi connectivity index (χ2n) is 7.06. The lowest BCUT2D eigenvalue weighted by Gasteiger charge is -2.26. The lowest BCUT2D eigenvalue weighted by atomic mass is 10.1. The number of para-hydroxylation sites is 1. The van der Waals surface area contributed by atoms with Gasteiger partial charge in [0.25, 0.3) is 0 Å². The van der Waals surface area contributed by atoms with Crippen LogP contribution < -0.4 is 4.72 Å². The van der Waals surface area contributed by atoms with Crippen LogP contribution in [0.25, 0.3) is 16.6 Å². The summed E-state index contributed by atoms with van der Waals surface area (Å²) in [6, 6.07) is 18.9. The molecular weight excluding hydrogens is 316 g/mol. The van der Waals surface area contributed by atoms with E-state index >= 15 is 0 Å². The molecule has 1 N–H and O–H groups in total. The van der Waals surface area contributed by atoms with Crippen molar-refractivity contribution in [1.29, 1.82) is 0 Å². The standard InChI is InChI=1S/C20H24N2OS/c1-15(21-24(23)20(2,3)4)17-11-10-16-12-13-22(19(16)14-17)18-8-6-5-7-9-18/h5-15,21H,1-4H3/t15?,24-/m1/s1. The van der Waals surface area contributed by atoms with Crippen LogP contribution in [0.4, 0.5) is 0 Å². The first-order valence-electron chi connectivity index (χ1n) is 8.21. The zero-order chi connectivity index (χ0) is 17.3. The van der Waals surface area contributed by atoms with Crippen LogP contribution in [0, 0.1) is 0 Å². The van der Waals surface area contributed by atoms with Gasteiger partial charge in [0.15, 0.2) is 0 Å². The molecule has 0 radical (unpaired) electrons. The molecule has 2 aromatic carbocycles. The Balaban J connectivity index is 1.93. The van der Waals surface area contributed by atoms with Gasteiger partial charge in [-0.25, -0.2) is 0 Å². The minimum absolute atomic E-state index is 0.0218. The number of hydrogen-bond acceptors (Lipinski definition) is 2. The summed E-state index contributed by atoms with van der Waals surface area (Å²) in [6.45, 7) is 7.99. The van der Waals surface area contributed by atoms with E-state index in [1.165, 1.54) is 5.39 Å². The van der Waals surface area contributed by atoms with Gasteiger partial charge in [-0.1, -0.05) is 30.3 Å². The molecule has 0 bridgehead atoms.